The summed E-state index contributed by atoms with van der Waals surface area (Å²) >= 11 is 0. The Kier molecular flexibility index (Phi) is 5.57. The van der Waals surface area contributed by atoms with Gasteiger partial charge in [-0.15, -0.1) is 5.10 Å². The van der Waals surface area contributed by atoms with Crippen molar-refractivity contribution in [2.45, 2.75) is 33.4 Å². The van der Waals surface area contributed by atoms with Crippen LogP contribution in [0.2, 0.25) is 0 Å². The lowest BCUT2D eigenvalue weighted by molar-refractivity contribution is 0.0995. The third kappa shape index (κ3) is 4.23. The van der Waals surface area contributed by atoms with E-state index in [0.29, 0.717) is 28.5 Å². The minimum absolute atomic E-state index is 0.0150. The molecule has 3 N–H and O–H groups in total. The number of carbonyl (C=O) groups is 2. The first kappa shape index (κ1) is 20.0. The molecule has 0 spiro atoms. The number of nitrogens with zero attached hydrogens (tertiary/aromatic N) is 6. The average molecular weight is 398 g/mol. The number of amides is 2. The zero-order valence-corrected chi connectivity index (χ0v) is 16.6. The summed E-state index contributed by atoms with van der Waals surface area (Å²) in [6.45, 7) is 5.88. The van der Waals surface area contributed by atoms with E-state index in [0.717, 1.165) is 0 Å². The van der Waals surface area contributed by atoms with E-state index in [4.69, 9.17) is 10.5 Å². The number of carbonyl (C=O) groups excluding carboxylic acids is 2. The van der Waals surface area contributed by atoms with Crippen molar-refractivity contribution >= 4 is 17.5 Å². The van der Waals surface area contributed by atoms with E-state index in [2.05, 4.69) is 25.9 Å². The van der Waals surface area contributed by atoms with E-state index in [9.17, 15) is 9.59 Å². The van der Waals surface area contributed by atoms with Crippen molar-refractivity contribution in [2.24, 2.45) is 12.8 Å². The Morgan fingerprint density at radius 2 is 1.93 bits per heavy atom. The molecule has 1 aromatic carbocycles. The lowest BCUT2D eigenvalue weighted by atomic mass is 10.2. The maximum absolute atomic E-state index is 12.6. The summed E-state index contributed by atoms with van der Waals surface area (Å²) in [5, 5.41) is 18.2. The number of benzene rings is 1. The fourth-order valence-electron chi connectivity index (χ4n) is 2.67. The molecule has 0 aliphatic carbocycles. The smallest absolute Gasteiger partial charge is 0.271 e. The second-order valence-electron chi connectivity index (χ2n) is 6.70. The molecule has 0 saturated carbocycles. The summed E-state index contributed by atoms with van der Waals surface area (Å²) in [6.07, 6.45) is 0. The number of nitrogens with one attached hydrogen (secondary N) is 1. The molecule has 11 heteroatoms. The number of tetrazole rings is 1. The number of ether oxygens (including phenoxy) is 1. The van der Waals surface area contributed by atoms with Crippen LogP contribution in [-0.2, 0) is 13.7 Å². The standard InChI is InChI=1S/C18H22N8O3/c1-10(2)26-14(21-23-24-26)9-29-13-7-5-12(6-8-13)18(28)20-15-11(3)25(4)22-16(15)17(19)27/h5-8,10H,9H2,1-4H3,(H2,19,27)(H,20,28). The average Bonchev–Trinajstić information content (AvgIpc) is 3.27. The van der Waals surface area contributed by atoms with Crippen LogP contribution in [0.4, 0.5) is 5.69 Å². The highest BCUT2D eigenvalue weighted by atomic mass is 16.5. The molecule has 0 radical (unpaired) electrons. The van der Waals surface area contributed by atoms with Gasteiger partial charge in [0.2, 0.25) is 0 Å². The second kappa shape index (κ2) is 8.09. The van der Waals surface area contributed by atoms with Gasteiger partial charge in [0.25, 0.3) is 11.8 Å². The number of nitrogens with two attached hydrogens (primary N) is 1. The first-order valence-electron chi connectivity index (χ1n) is 8.92. The maximum Gasteiger partial charge on any atom is 0.271 e. The third-order valence-corrected chi connectivity index (χ3v) is 4.34. The summed E-state index contributed by atoms with van der Waals surface area (Å²) in [7, 11) is 1.67. The molecule has 0 saturated heterocycles. The molecule has 0 aliphatic rings. The van der Waals surface area contributed by atoms with Crippen LogP contribution in [0.15, 0.2) is 24.3 Å². The molecule has 3 rings (SSSR count). The summed E-state index contributed by atoms with van der Waals surface area (Å²) in [5.41, 5.74) is 6.66. The lowest BCUT2D eigenvalue weighted by Crippen LogP contribution is -2.18. The van der Waals surface area contributed by atoms with Crippen molar-refractivity contribution in [3.63, 3.8) is 0 Å². The van der Waals surface area contributed by atoms with Crippen molar-refractivity contribution in [2.75, 3.05) is 5.32 Å². The number of anilines is 1. The number of hydrogen-bond acceptors (Lipinski definition) is 7. The summed E-state index contributed by atoms with van der Waals surface area (Å²) in [6, 6.07) is 6.70. The predicted molar refractivity (Wildman–Crippen MR) is 103 cm³/mol. The van der Waals surface area contributed by atoms with Crippen LogP contribution in [0.25, 0.3) is 0 Å². The largest absolute Gasteiger partial charge is 0.486 e. The van der Waals surface area contributed by atoms with Gasteiger partial charge in [-0.3, -0.25) is 14.3 Å². The van der Waals surface area contributed by atoms with Crippen molar-refractivity contribution < 1.29 is 14.3 Å². The van der Waals surface area contributed by atoms with Gasteiger partial charge in [0, 0.05) is 12.6 Å². The maximum atomic E-state index is 12.6. The molecule has 29 heavy (non-hydrogen) atoms. The first-order chi connectivity index (χ1) is 13.8. The van der Waals surface area contributed by atoms with Gasteiger partial charge >= 0.3 is 0 Å². The van der Waals surface area contributed by atoms with Gasteiger partial charge in [0.05, 0.1) is 17.4 Å². The highest BCUT2D eigenvalue weighted by Gasteiger charge is 2.20. The fraction of sp³-hybridized carbons (Fsp3) is 0.333. The Hall–Kier alpha value is -3.76. The van der Waals surface area contributed by atoms with E-state index in [1.54, 1.807) is 42.9 Å². The Morgan fingerprint density at radius 1 is 1.24 bits per heavy atom. The zero-order chi connectivity index (χ0) is 21.1. The number of primary amides is 1. The van der Waals surface area contributed by atoms with Crippen LogP contribution in [0.5, 0.6) is 5.75 Å². The molecule has 0 bridgehead atoms. The normalized spacial score (nSPS) is 10.9. The highest BCUT2D eigenvalue weighted by molar-refractivity contribution is 6.08. The second-order valence-corrected chi connectivity index (χ2v) is 6.70. The predicted octanol–water partition coefficient (Wildman–Crippen LogP) is 1.23. The highest BCUT2D eigenvalue weighted by Crippen LogP contribution is 2.21. The Balaban J connectivity index is 1.68. The molecular weight excluding hydrogens is 376 g/mol. The fourth-order valence-corrected chi connectivity index (χ4v) is 2.67. The van der Waals surface area contributed by atoms with E-state index in [-0.39, 0.29) is 24.2 Å². The van der Waals surface area contributed by atoms with E-state index < -0.39 is 5.91 Å². The minimum Gasteiger partial charge on any atom is -0.486 e. The summed E-state index contributed by atoms with van der Waals surface area (Å²) in [4.78, 5) is 24.1. The van der Waals surface area contributed by atoms with E-state index in [1.807, 2.05) is 13.8 Å². The molecule has 0 aliphatic heterocycles. The summed E-state index contributed by atoms with van der Waals surface area (Å²) in [5.74, 6) is 0.0680. The first-order valence-corrected chi connectivity index (χ1v) is 8.92. The van der Waals surface area contributed by atoms with Gasteiger partial charge in [-0.2, -0.15) is 5.10 Å². The number of hydrogen-bond donors (Lipinski definition) is 2. The molecular formula is C18H22N8O3. The van der Waals surface area contributed by atoms with Crippen LogP contribution >= 0.6 is 0 Å². The van der Waals surface area contributed by atoms with Gasteiger partial charge in [-0.05, 0) is 55.5 Å². The van der Waals surface area contributed by atoms with Gasteiger partial charge in [0.1, 0.15) is 12.4 Å². The molecule has 0 fully saturated rings. The quantitative estimate of drug-likeness (QED) is 0.609. The molecule has 152 valence electrons. The number of rotatable bonds is 7. The molecule has 0 unspecified atom stereocenters. The van der Waals surface area contributed by atoms with Crippen molar-refractivity contribution in [3.05, 3.63) is 47.0 Å². The summed E-state index contributed by atoms with van der Waals surface area (Å²) < 4.78 is 8.86. The Labute approximate surface area is 166 Å². The number of aromatic nitrogens is 6. The minimum atomic E-state index is -0.712. The molecule has 3 aromatic rings. The number of aryl methyl sites for hydroxylation is 1. The van der Waals surface area contributed by atoms with Crippen LogP contribution < -0.4 is 15.8 Å². The van der Waals surface area contributed by atoms with Crippen LogP contribution in [-0.4, -0.2) is 41.8 Å². The van der Waals surface area contributed by atoms with Gasteiger partial charge < -0.3 is 15.8 Å². The van der Waals surface area contributed by atoms with Crippen molar-refractivity contribution in [3.8, 4) is 5.75 Å². The van der Waals surface area contributed by atoms with E-state index >= 15 is 0 Å². The lowest BCUT2D eigenvalue weighted by Gasteiger charge is -2.10. The van der Waals surface area contributed by atoms with Crippen LogP contribution in [0.3, 0.4) is 0 Å². The van der Waals surface area contributed by atoms with E-state index in [1.165, 1.54) is 4.68 Å². The van der Waals surface area contributed by atoms with Gasteiger partial charge in [-0.25, -0.2) is 4.68 Å². The Morgan fingerprint density at radius 3 is 2.55 bits per heavy atom. The van der Waals surface area contributed by atoms with Crippen molar-refractivity contribution in [1.82, 2.24) is 30.0 Å². The topological polar surface area (TPSA) is 143 Å². The van der Waals surface area contributed by atoms with Crippen molar-refractivity contribution in [1.29, 1.82) is 0 Å². The zero-order valence-electron chi connectivity index (χ0n) is 16.6. The molecule has 0 atom stereocenters. The molecule has 2 heterocycles. The van der Waals surface area contributed by atoms with Crippen LogP contribution in [0, 0.1) is 6.92 Å². The SMILES string of the molecule is Cc1c(NC(=O)c2ccc(OCc3nnnn3C(C)C)cc2)c(C(N)=O)nn1C. The molecule has 11 nitrogen and oxygen atoms in total. The van der Waals surface area contributed by atoms with Crippen LogP contribution in [0.1, 0.15) is 52.3 Å². The molecule has 2 amide bonds. The van der Waals surface area contributed by atoms with Gasteiger partial charge in [0.15, 0.2) is 11.5 Å². The molecule has 2 aromatic heterocycles. The Bertz CT molecular complexity index is 1040. The monoisotopic (exact) mass is 398 g/mol. The van der Waals surface area contributed by atoms with Gasteiger partial charge in [-0.1, -0.05) is 0 Å². The third-order valence-electron chi connectivity index (χ3n) is 4.34.